The van der Waals surface area contributed by atoms with E-state index in [1.54, 1.807) is 24.3 Å². The van der Waals surface area contributed by atoms with E-state index in [0.29, 0.717) is 5.92 Å². The second kappa shape index (κ2) is 7.20. The second-order valence-corrected chi connectivity index (χ2v) is 6.93. The van der Waals surface area contributed by atoms with Gasteiger partial charge in [-0.25, -0.2) is 0 Å². The first-order valence-electron chi connectivity index (χ1n) is 7.12. The Morgan fingerprint density at radius 2 is 2.05 bits per heavy atom. The minimum absolute atomic E-state index is 0.226. The van der Waals surface area contributed by atoms with E-state index in [9.17, 15) is 8.42 Å². The fourth-order valence-corrected chi connectivity index (χ4v) is 3.29. The summed E-state index contributed by atoms with van der Waals surface area (Å²) in [6.07, 6.45) is 3.99. The van der Waals surface area contributed by atoms with Crippen molar-refractivity contribution in [1.29, 1.82) is 0 Å². The molecule has 0 spiro atoms. The first-order valence-corrected chi connectivity index (χ1v) is 8.52. The van der Waals surface area contributed by atoms with Crippen molar-refractivity contribution >= 4 is 10.1 Å². The molecule has 1 aliphatic heterocycles. The molecular formula is C15H22O4S. The Morgan fingerprint density at radius 1 is 1.30 bits per heavy atom. The summed E-state index contributed by atoms with van der Waals surface area (Å²) in [7, 11) is -3.61. The van der Waals surface area contributed by atoms with Crippen molar-refractivity contribution in [1.82, 2.24) is 0 Å². The van der Waals surface area contributed by atoms with E-state index < -0.39 is 10.1 Å². The molecule has 0 unspecified atom stereocenters. The highest BCUT2D eigenvalue weighted by molar-refractivity contribution is 7.86. The van der Waals surface area contributed by atoms with Gasteiger partial charge in [-0.2, -0.15) is 8.42 Å². The lowest BCUT2D eigenvalue weighted by Gasteiger charge is -2.21. The Labute approximate surface area is 121 Å². The Balaban J connectivity index is 1.76. The normalized spacial score (nSPS) is 19.9. The van der Waals surface area contributed by atoms with Crippen LogP contribution in [0.25, 0.3) is 0 Å². The average Bonchev–Trinajstić information content (AvgIpc) is 2.45. The lowest BCUT2D eigenvalue weighted by molar-refractivity contribution is 0.0496. The highest BCUT2D eigenvalue weighted by atomic mass is 32.2. The smallest absolute Gasteiger partial charge is 0.296 e. The molecule has 0 radical (unpaired) electrons. The number of hydrogen-bond donors (Lipinski definition) is 0. The first-order chi connectivity index (χ1) is 9.58. The SMILES string of the molecule is Cc1ccc(S(=O)(=O)OCCC[C@H]2CCCOC2)cc1. The van der Waals surface area contributed by atoms with Gasteiger partial charge in [-0.1, -0.05) is 17.7 Å². The van der Waals surface area contributed by atoms with E-state index in [0.717, 1.165) is 38.0 Å². The maximum Gasteiger partial charge on any atom is 0.296 e. The fourth-order valence-electron chi connectivity index (χ4n) is 2.35. The monoisotopic (exact) mass is 298 g/mol. The largest absolute Gasteiger partial charge is 0.381 e. The molecule has 5 heteroatoms. The Hall–Kier alpha value is -0.910. The fraction of sp³-hybridized carbons (Fsp3) is 0.600. The third-order valence-corrected chi connectivity index (χ3v) is 4.89. The molecule has 2 rings (SSSR count). The van der Waals surface area contributed by atoms with Gasteiger partial charge in [0.2, 0.25) is 0 Å². The van der Waals surface area contributed by atoms with E-state index in [-0.39, 0.29) is 11.5 Å². The average molecular weight is 298 g/mol. The van der Waals surface area contributed by atoms with Crippen molar-refractivity contribution in [2.24, 2.45) is 5.92 Å². The molecule has 0 N–H and O–H groups in total. The van der Waals surface area contributed by atoms with E-state index in [1.165, 1.54) is 6.42 Å². The highest BCUT2D eigenvalue weighted by Gasteiger charge is 2.16. The Bertz CT molecular complexity index is 501. The van der Waals surface area contributed by atoms with Crippen LogP contribution in [0, 0.1) is 12.8 Å². The van der Waals surface area contributed by atoms with Crippen molar-refractivity contribution < 1.29 is 17.3 Å². The topological polar surface area (TPSA) is 52.6 Å². The van der Waals surface area contributed by atoms with Crippen LogP contribution in [-0.2, 0) is 19.0 Å². The molecule has 0 amide bonds. The molecule has 1 aromatic rings. The molecule has 0 aliphatic carbocycles. The maximum absolute atomic E-state index is 11.9. The summed E-state index contributed by atoms with van der Waals surface area (Å²) >= 11 is 0. The molecule has 0 saturated carbocycles. The van der Waals surface area contributed by atoms with Crippen LogP contribution in [0.5, 0.6) is 0 Å². The van der Waals surface area contributed by atoms with Crippen LogP contribution in [0.15, 0.2) is 29.2 Å². The van der Waals surface area contributed by atoms with Gasteiger partial charge in [-0.05, 0) is 50.7 Å². The molecule has 112 valence electrons. The zero-order valence-corrected chi connectivity index (χ0v) is 12.7. The highest BCUT2D eigenvalue weighted by Crippen LogP contribution is 2.19. The van der Waals surface area contributed by atoms with Gasteiger partial charge in [0.05, 0.1) is 11.5 Å². The van der Waals surface area contributed by atoms with Gasteiger partial charge in [-0.3, -0.25) is 4.18 Å². The number of benzene rings is 1. The van der Waals surface area contributed by atoms with Crippen molar-refractivity contribution in [3.8, 4) is 0 Å². The number of ether oxygens (including phenoxy) is 1. The summed E-state index contributed by atoms with van der Waals surface area (Å²) in [6.45, 7) is 3.82. The van der Waals surface area contributed by atoms with Gasteiger partial charge in [0.25, 0.3) is 10.1 Å². The Kier molecular flexibility index (Phi) is 5.57. The lowest BCUT2D eigenvalue weighted by atomic mass is 9.97. The zero-order valence-electron chi connectivity index (χ0n) is 11.9. The van der Waals surface area contributed by atoms with Gasteiger partial charge in [-0.15, -0.1) is 0 Å². The Morgan fingerprint density at radius 3 is 2.70 bits per heavy atom. The van der Waals surface area contributed by atoms with Gasteiger partial charge < -0.3 is 4.74 Å². The molecule has 1 saturated heterocycles. The second-order valence-electron chi connectivity index (χ2n) is 5.31. The van der Waals surface area contributed by atoms with Crippen LogP contribution in [-0.4, -0.2) is 28.2 Å². The van der Waals surface area contributed by atoms with Crippen LogP contribution >= 0.6 is 0 Å². The van der Waals surface area contributed by atoms with Gasteiger partial charge >= 0.3 is 0 Å². The summed E-state index contributed by atoms with van der Waals surface area (Å²) in [6, 6.07) is 6.71. The van der Waals surface area contributed by atoms with E-state index >= 15 is 0 Å². The molecule has 4 nitrogen and oxygen atoms in total. The molecule has 1 atom stereocenters. The summed E-state index contributed by atoms with van der Waals surface area (Å²) in [5.41, 5.74) is 1.03. The molecule has 1 heterocycles. The molecule has 1 aromatic carbocycles. The maximum atomic E-state index is 11.9. The van der Waals surface area contributed by atoms with E-state index in [1.807, 2.05) is 6.92 Å². The zero-order chi connectivity index (χ0) is 14.4. The molecule has 0 aromatic heterocycles. The lowest BCUT2D eigenvalue weighted by Crippen LogP contribution is -2.18. The van der Waals surface area contributed by atoms with Gasteiger partial charge in [0.1, 0.15) is 0 Å². The van der Waals surface area contributed by atoms with E-state index in [2.05, 4.69) is 0 Å². The van der Waals surface area contributed by atoms with E-state index in [4.69, 9.17) is 8.92 Å². The van der Waals surface area contributed by atoms with Crippen LogP contribution in [0.4, 0.5) is 0 Å². The van der Waals surface area contributed by atoms with Gasteiger partial charge in [0.15, 0.2) is 0 Å². The molecule has 1 aliphatic rings. The summed E-state index contributed by atoms with van der Waals surface area (Å²) in [5, 5.41) is 0. The predicted molar refractivity (Wildman–Crippen MR) is 77.1 cm³/mol. The molecule has 0 bridgehead atoms. The number of aryl methyl sites for hydroxylation is 1. The summed E-state index contributed by atoms with van der Waals surface area (Å²) in [4.78, 5) is 0.226. The van der Waals surface area contributed by atoms with Crippen LogP contribution in [0.3, 0.4) is 0 Å². The third-order valence-electron chi connectivity index (χ3n) is 3.56. The summed E-state index contributed by atoms with van der Waals surface area (Å²) < 4.78 is 34.4. The van der Waals surface area contributed by atoms with Crippen LogP contribution < -0.4 is 0 Å². The predicted octanol–water partition coefficient (Wildman–Crippen LogP) is 2.91. The van der Waals surface area contributed by atoms with Crippen molar-refractivity contribution in [2.75, 3.05) is 19.8 Å². The minimum Gasteiger partial charge on any atom is -0.381 e. The van der Waals surface area contributed by atoms with Crippen molar-refractivity contribution in [2.45, 2.75) is 37.5 Å². The summed E-state index contributed by atoms with van der Waals surface area (Å²) in [5.74, 6) is 0.550. The first kappa shape index (κ1) is 15.5. The standard InChI is InChI=1S/C15H22O4S/c1-13-6-8-15(9-7-13)20(16,17)19-11-3-5-14-4-2-10-18-12-14/h6-9,14H,2-5,10-12H2,1H3/t14-/m1/s1. The van der Waals surface area contributed by atoms with Crippen molar-refractivity contribution in [3.05, 3.63) is 29.8 Å². The van der Waals surface area contributed by atoms with Crippen LogP contribution in [0.2, 0.25) is 0 Å². The number of rotatable bonds is 6. The van der Waals surface area contributed by atoms with Gasteiger partial charge in [0, 0.05) is 13.2 Å². The quantitative estimate of drug-likeness (QED) is 0.598. The third kappa shape index (κ3) is 4.58. The molecular weight excluding hydrogens is 276 g/mol. The number of hydrogen-bond acceptors (Lipinski definition) is 4. The molecule has 1 fully saturated rings. The molecule has 20 heavy (non-hydrogen) atoms. The van der Waals surface area contributed by atoms with Crippen molar-refractivity contribution in [3.63, 3.8) is 0 Å². The van der Waals surface area contributed by atoms with Crippen LogP contribution in [0.1, 0.15) is 31.2 Å². The minimum atomic E-state index is -3.61.